The fourth-order valence-electron chi connectivity index (χ4n) is 1.75. The van der Waals surface area contributed by atoms with Gasteiger partial charge in [0.05, 0.1) is 6.61 Å². The summed E-state index contributed by atoms with van der Waals surface area (Å²) in [5, 5.41) is 5.58. The van der Waals surface area contributed by atoms with Crippen molar-refractivity contribution in [3.63, 3.8) is 0 Å². The number of thiophene rings is 1. The minimum Gasteiger partial charge on any atom is -0.384 e. The maximum absolute atomic E-state index is 5.18. The molecule has 0 radical (unpaired) electrons. The lowest BCUT2D eigenvalue weighted by atomic mass is 10.2. The van der Waals surface area contributed by atoms with E-state index in [1.165, 1.54) is 16.1 Å². The Labute approximate surface area is 106 Å². The zero-order valence-corrected chi connectivity index (χ0v) is 10.8. The molecule has 0 saturated heterocycles. The van der Waals surface area contributed by atoms with E-state index in [9.17, 15) is 0 Å². The van der Waals surface area contributed by atoms with Gasteiger partial charge in [0, 0.05) is 29.8 Å². The molecule has 0 aliphatic carbocycles. The van der Waals surface area contributed by atoms with Crippen molar-refractivity contribution >= 4 is 17.0 Å². The molecule has 0 atom stereocenters. The second-order valence-corrected chi connectivity index (χ2v) is 4.88. The second kappa shape index (κ2) is 6.42. The van der Waals surface area contributed by atoms with Crippen LogP contribution in [0.5, 0.6) is 0 Å². The normalized spacial score (nSPS) is 10.4. The summed E-state index contributed by atoms with van der Waals surface area (Å²) in [5.74, 6) is 0. The highest BCUT2D eigenvalue weighted by atomic mass is 32.1. The van der Waals surface area contributed by atoms with Gasteiger partial charge in [0.25, 0.3) is 0 Å². The molecule has 0 amide bonds. The molecule has 0 aliphatic heterocycles. The lowest BCUT2D eigenvalue weighted by molar-refractivity contribution is 0.185. The van der Waals surface area contributed by atoms with Gasteiger partial charge < -0.3 is 10.1 Å². The maximum atomic E-state index is 5.18. The third-order valence-corrected chi connectivity index (χ3v) is 3.52. The number of methoxy groups -OCH3 is 1. The average Bonchev–Trinajstić information content (AvgIpc) is 2.85. The van der Waals surface area contributed by atoms with Gasteiger partial charge >= 0.3 is 0 Å². The molecule has 0 unspecified atom stereocenters. The molecular formula is C14H17NOS. The molecule has 3 heteroatoms. The summed E-state index contributed by atoms with van der Waals surface area (Å²) in [6.45, 7) is 1.61. The van der Waals surface area contributed by atoms with Crippen molar-refractivity contribution in [2.75, 3.05) is 19.0 Å². The van der Waals surface area contributed by atoms with E-state index in [1.54, 1.807) is 7.11 Å². The van der Waals surface area contributed by atoms with Gasteiger partial charge in [0.15, 0.2) is 0 Å². The number of para-hydroxylation sites is 1. The quantitative estimate of drug-likeness (QED) is 0.843. The van der Waals surface area contributed by atoms with Crippen LogP contribution in [0.25, 0.3) is 0 Å². The number of ether oxygens (including phenoxy) is 1. The van der Waals surface area contributed by atoms with Gasteiger partial charge in [-0.05, 0) is 23.9 Å². The maximum Gasteiger partial charge on any atom is 0.0733 e. The molecule has 2 rings (SSSR count). The molecule has 0 bridgehead atoms. The first-order valence-corrected chi connectivity index (χ1v) is 6.61. The van der Waals surface area contributed by atoms with Crippen molar-refractivity contribution in [1.29, 1.82) is 0 Å². The summed E-state index contributed by atoms with van der Waals surface area (Å²) < 4.78 is 5.18. The number of rotatable bonds is 6. The summed E-state index contributed by atoms with van der Waals surface area (Å²) in [6.07, 6.45) is 1.07. The average molecular weight is 247 g/mol. The van der Waals surface area contributed by atoms with Crippen LogP contribution in [0.4, 0.5) is 5.69 Å². The molecule has 1 aromatic carbocycles. The third kappa shape index (κ3) is 3.58. The minimum atomic E-state index is 0.655. The van der Waals surface area contributed by atoms with E-state index in [1.807, 2.05) is 23.5 Å². The Hall–Kier alpha value is -1.32. The number of anilines is 1. The predicted octanol–water partition coefficient (Wildman–Crippen LogP) is 3.55. The molecule has 1 N–H and O–H groups in total. The van der Waals surface area contributed by atoms with Crippen molar-refractivity contribution in [3.8, 4) is 0 Å². The Balaban J connectivity index is 1.89. The van der Waals surface area contributed by atoms with E-state index in [0.717, 1.165) is 13.0 Å². The van der Waals surface area contributed by atoms with Crippen LogP contribution in [0, 0.1) is 0 Å². The van der Waals surface area contributed by atoms with Crippen LogP contribution in [0.1, 0.15) is 10.4 Å². The third-order valence-electron chi connectivity index (χ3n) is 2.58. The Kier molecular flexibility index (Phi) is 4.59. The van der Waals surface area contributed by atoms with Gasteiger partial charge in [-0.1, -0.05) is 24.3 Å². The standard InChI is InChI=1S/C14H17NOS/c1-16-11-12-5-2-3-7-14(12)15-9-8-13-6-4-10-17-13/h2-7,10,15H,8-9,11H2,1H3. The van der Waals surface area contributed by atoms with E-state index in [2.05, 4.69) is 35.0 Å². The molecule has 90 valence electrons. The van der Waals surface area contributed by atoms with Gasteiger partial charge in [-0.2, -0.15) is 0 Å². The van der Waals surface area contributed by atoms with Gasteiger partial charge in [0.2, 0.25) is 0 Å². The van der Waals surface area contributed by atoms with Gasteiger partial charge in [-0.3, -0.25) is 0 Å². The topological polar surface area (TPSA) is 21.3 Å². The van der Waals surface area contributed by atoms with E-state index >= 15 is 0 Å². The lowest BCUT2D eigenvalue weighted by Gasteiger charge is -2.10. The largest absolute Gasteiger partial charge is 0.384 e. The smallest absolute Gasteiger partial charge is 0.0733 e. The summed E-state index contributed by atoms with van der Waals surface area (Å²) in [7, 11) is 1.72. The SMILES string of the molecule is COCc1ccccc1NCCc1cccs1. The summed E-state index contributed by atoms with van der Waals surface area (Å²) in [5.41, 5.74) is 2.38. The Morgan fingerprint density at radius 1 is 1.18 bits per heavy atom. The minimum absolute atomic E-state index is 0.655. The Morgan fingerprint density at radius 2 is 2.06 bits per heavy atom. The first-order chi connectivity index (χ1) is 8.40. The molecular weight excluding hydrogens is 230 g/mol. The number of benzene rings is 1. The van der Waals surface area contributed by atoms with Gasteiger partial charge in [0.1, 0.15) is 0 Å². The fourth-order valence-corrected chi connectivity index (χ4v) is 2.46. The fraction of sp³-hybridized carbons (Fsp3) is 0.286. The predicted molar refractivity (Wildman–Crippen MR) is 73.7 cm³/mol. The molecule has 0 aliphatic rings. The number of nitrogens with one attached hydrogen (secondary N) is 1. The molecule has 1 aromatic heterocycles. The van der Waals surface area contributed by atoms with Crippen molar-refractivity contribution in [2.24, 2.45) is 0 Å². The lowest BCUT2D eigenvalue weighted by Crippen LogP contribution is -2.06. The first kappa shape index (κ1) is 12.1. The highest BCUT2D eigenvalue weighted by Crippen LogP contribution is 2.16. The van der Waals surface area contributed by atoms with Crippen molar-refractivity contribution in [2.45, 2.75) is 13.0 Å². The van der Waals surface area contributed by atoms with Crippen LogP contribution in [0.3, 0.4) is 0 Å². The molecule has 0 saturated carbocycles. The molecule has 2 nitrogen and oxygen atoms in total. The molecule has 2 aromatic rings. The second-order valence-electron chi connectivity index (χ2n) is 3.85. The van der Waals surface area contributed by atoms with E-state index in [0.29, 0.717) is 6.61 Å². The van der Waals surface area contributed by atoms with Crippen molar-refractivity contribution in [1.82, 2.24) is 0 Å². The van der Waals surface area contributed by atoms with Crippen molar-refractivity contribution in [3.05, 3.63) is 52.2 Å². The van der Waals surface area contributed by atoms with E-state index in [4.69, 9.17) is 4.74 Å². The van der Waals surface area contributed by atoms with Crippen LogP contribution in [0.15, 0.2) is 41.8 Å². The van der Waals surface area contributed by atoms with Crippen LogP contribution in [-0.4, -0.2) is 13.7 Å². The van der Waals surface area contributed by atoms with Gasteiger partial charge in [-0.25, -0.2) is 0 Å². The number of hydrogen-bond donors (Lipinski definition) is 1. The van der Waals surface area contributed by atoms with E-state index < -0.39 is 0 Å². The van der Waals surface area contributed by atoms with E-state index in [-0.39, 0.29) is 0 Å². The highest BCUT2D eigenvalue weighted by molar-refractivity contribution is 7.09. The van der Waals surface area contributed by atoms with Crippen molar-refractivity contribution < 1.29 is 4.74 Å². The first-order valence-electron chi connectivity index (χ1n) is 5.73. The summed E-state index contributed by atoms with van der Waals surface area (Å²) in [4.78, 5) is 1.42. The van der Waals surface area contributed by atoms with Gasteiger partial charge in [-0.15, -0.1) is 11.3 Å². The molecule has 0 fully saturated rings. The highest BCUT2D eigenvalue weighted by Gasteiger charge is 2.00. The molecule has 17 heavy (non-hydrogen) atoms. The van der Waals surface area contributed by atoms with Crippen LogP contribution >= 0.6 is 11.3 Å². The number of hydrogen-bond acceptors (Lipinski definition) is 3. The Bertz CT molecular complexity index is 439. The van der Waals surface area contributed by atoms with Crippen LogP contribution in [-0.2, 0) is 17.8 Å². The van der Waals surface area contributed by atoms with Crippen LogP contribution in [0.2, 0.25) is 0 Å². The molecule has 1 heterocycles. The monoisotopic (exact) mass is 247 g/mol. The Morgan fingerprint density at radius 3 is 2.82 bits per heavy atom. The zero-order chi connectivity index (χ0) is 11.9. The van der Waals surface area contributed by atoms with Crippen LogP contribution < -0.4 is 5.32 Å². The zero-order valence-electron chi connectivity index (χ0n) is 9.98. The summed E-state index contributed by atoms with van der Waals surface area (Å²) in [6, 6.07) is 12.6. The summed E-state index contributed by atoms with van der Waals surface area (Å²) >= 11 is 1.81. The molecule has 0 spiro atoms.